The van der Waals surface area contributed by atoms with Crippen molar-refractivity contribution in [3.63, 3.8) is 0 Å². The number of carbonyl (C=O) groups excluding carboxylic acids is 4. The molecule has 0 saturated carbocycles. The number of hydrogen-bond donors (Lipinski definition) is 3. The van der Waals surface area contributed by atoms with Gasteiger partial charge in [-0.1, -0.05) is 12.1 Å². The van der Waals surface area contributed by atoms with Crippen molar-refractivity contribution in [1.82, 2.24) is 9.88 Å². The highest BCUT2D eigenvalue weighted by Crippen LogP contribution is 2.37. The number of nitrogens with zero attached hydrogens (tertiary/aromatic N) is 2. The smallest absolute Gasteiger partial charge is 0.413 e. The van der Waals surface area contributed by atoms with Crippen LogP contribution in [-0.4, -0.2) is 45.8 Å². The van der Waals surface area contributed by atoms with Gasteiger partial charge >= 0.3 is 17.9 Å². The predicted octanol–water partition coefficient (Wildman–Crippen LogP) is 3.92. The molecule has 1 fully saturated rings. The number of aromatic nitrogens is 1. The van der Waals surface area contributed by atoms with Gasteiger partial charge in [-0.3, -0.25) is 19.7 Å². The third-order valence-electron chi connectivity index (χ3n) is 6.10. The number of aryl methyl sites for hydroxylation is 1. The molecular formula is C26H31N5O5. The molecule has 2 aliphatic rings. The summed E-state index contributed by atoms with van der Waals surface area (Å²) >= 11 is 0. The van der Waals surface area contributed by atoms with Crippen LogP contribution in [0.15, 0.2) is 30.5 Å². The molecule has 0 bridgehead atoms. The predicted molar refractivity (Wildman–Crippen MR) is 135 cm³/mol. The van der Waals surface area contributed by atoms with E-state index in [4.69, 9.17) is 4.74 Å². The number of rotatable bonds is 3. The summed E-state index contributed by atoms with van der Waals surface area (Å²) < 4.78 is 5.24. The molecule has 0 unspecified atom stereocenters. The van der Waals surface area contributed by atoms with Gasteiger partial charge in [-0.2, -0.15) is 0 Å². The number of piperidine rings is 1. The van der Waals surface area contributed by atoms with Gasteiger partial charge in [-0.05, 0) is 75.8 Å². The quantitative estimate of drug-likeness (QED) is 0.556. The second-order valence-electron chi connectivity index (χ2n) is 10.1. The van der Waals surface area contributed by atoms with Gasteiger partial charge < -0.3 is 20.3 Å². The number of hydrogen-bond acceptors (Lipinski definition) is 6. The van der Waals surface area contributed by atoms with E-state index < -0.39 is 23.5 Å². The van der Waals surface area contributed by atoms with Crippen LogP contribution in [0.3, 0.4) is 0 Å². The van der Waals surface area contributed by atoms with Crippen LogP contribution in [0.4, 0.5) is 22.0 Å². The van der Waals surface area contributed by atoms with Crippen molar-refractivity contribution in [3.05, 3.63) is 47.2 Å². The van der Waals surface area contributed by atoms with Gasteiger partial charge in [0.1, 0.15) is 11.4 Å². The third-order valence-corrected chi connectivity index (χ3v) is 6.10. The number of pyridine rings is 1. The van der Waals surface area contributed by atoms with Crippen molar-refractivity contribution in [2.24, 2.45) is 0 Å². The molecule has 1 aromatic carbocycles. The average molecular weight is 494 g/mol. The molecule has 2 aliphatic heterocycles. The van der Waals surface area contributed by atoms with E-state index in [2.05, 4.69) is 20.9 Å². The van der Waals surface area contributed by atoms with E-state index in [-0.39, 0.29) is 18.4 Å². The van der Waals surface area contributed by atoms with Gasteiger partial charge in [0, 0.05) is 12.2 Å². The fraction of sp³-hybridized carbons (Fsp3) is 0.423. The second kappa shape index (κ2) is 9.96. The summed E-state index contributed by atoms with van der Waals surface area (Å²) in [6.07, 6.45) is 3.45. The molecule has 0 radical (unpaired) electrons. The summed E-state index contributed by atoms with van der Waals surface area (Å²) in [5, 5.41) is 8.05. The molecular weight excluding hydrogens is 462 g/mol. The van der Waals surface area contributed by atoms with Crippen molar-refractivity contribution < 1.29 is 23.9 Å². The maximum atomic E-state index is 13.2. The van der Waals surface area contributed by atoms with Gasteiger partial charge in [-0.25, -0.2) is 9.78 Å². The number of likely N-dealkylation sites (tertiary alicyclic amines) is 1. The molecule has 1 atom stereocenters. The largest absolute Gasteiger partial charge is 0.444 e. The van der Waals surface area contributed by atoms with E-state index in [1.807, 2.05) is 18.2 Å². The van der Waals surface area contributed by atoms with Crippen LogP contribution >= 0.6 is 0 Å². The maximum absolute atomic E-state index is 13.2. The third kappa shape index (κ3) is 5.64. The highest BCUT2D eigenvalue weighted by Gasteiger charge is 2.35. The number of carbonyl (C=O) groups is 4. The zero-order valence-electron chi connectivity index (χ0n) is 20.9. The number of benzene rings is 1. The van der Waals surface area contributed by atoms with E-state index in [0.717, 1.165) is 36.1 Å². The Morgan fingerprint density at radius 1 is 1.17 bits per heavy atom. The molecule has 4 amide bonds. The lowest BCUT2D eigenvalue weighted by atomic mass is 9.90. The molecule has 10 heteroatoms. The normalized spacial score (nSPS) is 17.2. The van der Waals surface area contributed by atoms with Crippen LogP contribution in [0.2, 0.25) is 0 Å². The Morgan fingerprint density at radius 3 is 2.67 bits per heavy atom. The molecule has 36 heavy (non-hydrogen) atoms. The van der Waals surface area contributed by atoms with E-state index in [1.165, 1.54) is 6.20 Å². The lowest BCUT2D eigenvalue weighted by Crippen LogP contribution is -2.44. The van der Waals surface area contributed by atoms with Crippen molar-refractivity contribution in [2.45, 2.75) is 65.0 Å². The van der Waals surface area contributed by atoms with Crippen molar-refractivity contribution in [3.8, 4) is 0 Å². The molecule has 1 saturated heterocycles. The monoisotopic (exact) mass is 493 g/mol. The summed E-state index contributed by atoms with van der Waals surface area (Å²) in [7, 11) is 0. The fourth-order valence-electron chi connectivity index (χ4n) is 4.57. The molecule has 4 rings (SSSR count). The van der Waals surface area contributed by atoms with E-state index in [0.29, 0.717) is 23.6 Å². The van der Waals surface area contributed by atoms with E-state index in [1.54, 1.807) is 38.7 Å². The Hall–Kier alpha value is -3.95. The zero-order valence-corrected chi connectivity index (χ0v) is 20.9. The van der Waals surface area contributed by atoms with Gasteiger partial charge in [0.25, 0.3) is 0 Å². The summed E-state index contributed by atoms with van der Waals surface area (Å²) in [6, 6.07) is 6.98. The zero-order chi connectivity index (χ0) is 26.0. The van der Waals surface area contributed by atoms with E-state index >= 15 is 0 Å². The summed E-state index contributed by atoms with van der Waals surface area (Å²) in [5.41, 5.74) is 2.84. The Labute approximate surface area is 209 Å². The number of nitrogens with one attached hydrogen (secondary N) is 3. The molecule has 10 nitrogen and oxygen atoms in total. The first-order valence-electron chi connectivity index (χ1n) is 12.0. The first-order chi connectivity index (χ1) is 17.0. The van der Waals surface area contributed by atoms with Crippen LogP contribution in [0.25, 0.3) is 0 Å². The van der Waals surface area contributed by atoms with Crippen molar-refractivity contribution >= 4 is 41.0 Å². The van der Waals surface area contributed by atoms with E-state index in [9.17, 15) is 19.2 Å². The Kier molecular flexibility index (Phi) is 6.96. The minimum atomic E-state index is -0.766. The van der Waals surface area contributed by atoms with Crippen molar-refractivity contribution in [1.29, 1.82) is 0 Å². The standard InChI is InChI=1S/C26H31N5O5/c1-15-12-16(14-27-22(15)30-25(35)36-26(2,3)4)28-23(33)24(34)31-11-6-5-10-20(31)17-8-7-9-19-18(17)13-21(32)29-19/h7-9,12,14,20H,5-6,10-11,13H2,1-4H3,(H,28,33)(H,29,32)(H,27,30,35)/t20-/m0/s1. The molecule has 3 heterocycles. The number of anilines is 3. The van der Waals surface area contributed by atoms with Crippen LogP contribution in [0.5, 0.6) is 0 Å². The lowest BCUT2D eigenvalue weighted by Gasteiger charge is -2.36. The van der Waals surface area contributed by atoms with Crippen molar-refractivity contribution in [2.75, 3.05) is 22.5 Å². The van der Waals surface area contributed by atoms with Gasteiger partial charge in [0.15, 0.2) is 0 Å². The van der Waals surface area contributed by atoms with Gasteiger partial charge in [-0.15, -0.1) is 0 Å². The number of ether oxygens (including phenoxy) is 1. The van der Waals surface area contributed by atoms with Gasteiger partial charge in [0.2, 0.25) is 5.91 Å². The SMILES string of the molecule is Cc1cc(NC(=O)C(=O)N2CCCC[C@H]2c2cccc3c2CC(=O)N3)cnc1NC(=O)OC(C)(C)C. The van der Waals surface area contributed by atoms with Crippen LogP contribution < -0.4 is 16.0 Å². The molecule has 0 spiro atoms. The average Bonchev–Trinajstić information content (AvgIpc) is 3.19. The Balaban J connectivity index is 1.46. The maximum Gasteiger partial charge on any atom is 0.413 e. The summed E-state index contributed by atoms with van der Waals surface area (Å²) in [6.45, 7) is 7.46. The minimum Gasteiger partial charge on any atom is -0.444 e. The Bertz CT molecular complexity index is 1220. The van der Waals surface area contributed by atoms with Gasteiger partial charge in [0.05, 0.1) is 24.3 Å². The molecule has 2 aromatic rings. The highest BCUT2D eigenvalue weighted by molar-refractivity contribution is 6.39. The first kappa shape index (κ1) is 25.2. The van der Waals surface area contributed by atoms with Crippen LogP contribution in [0, 0.1) is 6.92 Å². The first-order valence-corrected chi connectivity index (χ1v) is 12.0. The van der Waals surface area contributed by atoms with Crippen LogP contribution in [0.1, 0.15) is 62.8 Å². The minimum absolute atomic E-state index is 0.0728. The highest BCUT2D eigenvalue weighted by atomic mass is 16.6. The molecule has 0 aliphatic carbocycles. The lowest BCUT2D eigenvalue weighted by molar-refractivity contribution is -0.145. The topological polar surface area (TPSA) is 130 Å². The molecule has 3 N–H and O–H groups in total. The number of fused-ring (bicyclic) bond motifs is 1. The van der Waals surface area contributed by atoms with Crippen LogP contribution in [-0.2, 0) is 25.5 Å². The summed E-state index contributed by atoms with van der Waals surface area (Å²) in [4.78, 5) is 55.9. The second-order valence-corrected chi connectivity index (χ2v) is 10.1. The molecule has 1 aromatic heterocycles. The Morgan fingerprint density at radius 2 is 1.94 bits per heavy atom. The summed E-state index contributed by atoms with van der Waals surface area (Å²) in [5.74, 6) is -1.18. The number of amides is 4. The molecule has 190 valence electrons. The fourth-order valence-corrected chi connectivity index (χ4v) is 4.57.